The minimum absolute atomic E-state index is 1.11. The largest absolute Gasteiger partial charge is 0.311 e. The molecule has 1 heterocycles. The fourth-order valence-electron chi connectivity index (χ4n) is 8.86. The summed E-state index contributed by atoms with van der Waals surface area (Å²) in [6.07, 6.45) is 0. The summed E-state index contributed by atoms with van der Waals surface area (Å²) in [4.78, 5) is 2.31. The fourth-order valence-corrected chi connectivity index (χ4v) is 8.86. The number of hydrogen-bond donors (Lipinski definition) is 0. The van der Waals surface area contributed by atoms with Crippen LogP contribution < -0.4 is 4.90 Å². The molecule has 0 unspecified atom stereocenters. The highest BCUT2D eigenvalue weighted by molar-refractivity contribution is 6.10. The van der Waals surface area contributed by atoms with Gasteiger partial charge < -0.3 is 9.47 Å². The summed E-state index contributed by atoms with van der Waals surface area (Å²) in [5, 5.41) is 2.50. The van der Waals surface area contributed by atoms with E-state index in [4.69, 9.17) is 0 Å². The molecule has 10 aromatic carbocycles. The summed E-state index contributed by atoms with van der Waals surface area (Å²) in [7, 11) is 0. The van der Waals surface area contributed by atoms with Gasteiger partial charge in [0.25, 0.3) is 0 Å². The third-order valence-electron chi connectivity index (χ3n) is 12.0. The van der Waals surface area contributed by atoms with E-state index in [0.29, 0.717) is 0 Å². The Morgan fingerprint density at radius 1 is 0.226 bits per heavy atom. The zero-order valence-corrected chi connectivity index (χ0v) is 34.1. The standard InChI is InChI=1S/C60H42N2/c1-4-13-43(14-5-1)48-31-36-54(37-32-48)61(53-18-8-3-9-19-53)55-38-33-49(34-39-55)47-25-23-45(24-26-47)46-27-29-50(30-28-46)52-35-40-60-58(42-52)57-21-10-11-22-59(57)62(60)56-20-12-17-51(41-56)44-15-6-2-7-16-44/h1-42H. The topological polar surface area (TPSA) is 8.17 Å². The Morgan fingerprint density at radius 3 is 1.13 bits per heavy atom. The van der Waals surface area contributed by atoms with Crippen molar-refractivity contribution in [1.82, 2.24) is 4.57 Å². The number of nitrogens with zero attached hydrogens (tertiary/aromatic N) is 2. The predicted molar refractivity (Wildman–Crippen MR) is 263 cm³/mol. The third-order valence-corrected chi connectivity index (χ3v) is 12.0. The average molecular weight is 791 g/mol. The molecule has 0 N–H and O–H groups in total. The van der Waals surface area contributed by atoms with Gasteiger partial charge >= 0.3 is 0 Å². The van der Waals surface area contributed by atoms with Gasteiger partial charge in [0.1, 0.15) is 0 Å². The maximum Gasteiger partial charge on any atom is 0.0541 e. The van der Waals surface area contributed by atoms with Crippen LogP contribution in [0.25, 0.3) is 83.1 Å². The molecule has 2 heteroatoms. The number of fused-ring (bicyclic) bond motifs is 3. The van der Waals surface area contributed by atoms with Gasteiger partial charge in [-0.1, -0.05) is 188 Å². The van der Waals surface area contributed by atoms with E-state index in [1.165, 1.54) is 77.4 Å². The van der Waals surface area contributed by atoms with Gasteiger partial charge in [0.15, 0.2) is 0 Å². The molecule has 0 atom stereocenters. The summed E-state index contributed by atoms with van der Waals surface area (Å²) in [6.45, 7) is 0. The van der Waals surface area contributed by atoms with Crippen LogP contribution in [0.5, 0.6) is 0 Å². The highest BCUT2D eigenvalue weighted by Crippen LogP contribution is 2.39. The van der Waals surface area contributed by atoms with Crippen LogP contribution in [0.4, 0.5) is 17.1 Å². The van der Waals surface area contributed by atoms with Crippen molar-refractivity contribution in [2.45, 2.75) is 0 Å². The van der Waals surface area contributed by atoms with Crippen molar-refractivity contribution in [2.24, 2.45) is 0 Å². The quantitative estimate of drug-likeness (QED) is 0.141. The van der Waals surface area contributed by atoms with Crippen LogP contribution in [0, 0.1) is 0 Å². The van der Waals surface area contributed by atoms with Crippen LogP contribution in [0.2, 0.25) is 0 Å². The molecule has 1 aromatic heterocycles. The number of aromatic nitrogens is 1. The molecule has 62 heavy (non-hydrogen) atoms. The van der Waals surface area contributed by atoms with Gasteiger partial charge in [-0.2, -0.15) is 0 Å². The normalized spacial score (nSPS) is 11.2. The van der Waals surface area contributed by atoms with Gasteiger partial charge in [0.2, 0.25) is 0 Å². The molecular weight excluding hydrogens is 749 g/mol. The van der Waals surface area contributed by atoms with E-state index in [9.17, 15) is 0 Å². The Hall–Kier alpha value is -8.20. The number of hydrogen-bond acceptors (Lipinski definition) is 1. The Morgan fingerprint density at radius 2 is 0.581 bits per heavy atom. The Labute approximate surface area is 362 Å². The SMILES string of the molecule is c1ccc(-c2ccc(N(c3ccccc3)c3ccc(-c4ccc(-c5ccc(-c6ccc7c(c6)c6ccccc6n7-c6cccc(-c7ccccc7)c6)cc5)cc4)cc3)cc2)cc1. The van der Waals surface area contributed by atoms with Crippen molar-refractivity contribution in [1.29, 1.82) is 0 Å². The molecule has 0 saturated heterocycles. The minimum Gasteiger partial charge on any atom is -0.311 e. The Bertz CT molecular complexity index is 3280. The molecule has 0 fully saturated rings. The molecule has 0 bridgehead atoms. The molecule has 2 nitrogen and oxygen atoms in total. The smallest absolute Gasteiger partial charge is 0.0541 e. The van der Waals surface area contributed by atoms with E-state index in [0.717, 1.165) is 22.7 Å². The van der Waals surface area contributed by atoms with Crippen molar-refractivity contribution in [2.75, 3.05) is 4.90 Å². The van der Waals surface area contributed by atoms with Gasteiger partial charge in [-0.15, -0.1) is 0 Å². The first-order chi connectivity index (χ1) is 30.7. The zero-order chi connectivity index (χ0) is 41.2. The van der Waals surface area contributed by atoms with Gasteiger partial charge in [-0.3, -0.25) is 0 Å². The number of rotatable bonds is 9. The lowest BCUT2D eigenvalue weighted by Gasteiger charge is -2.26. The molecule has 0 aliphatic rings. The van der Waals surface area contributed by atoms with Crippen LogP contribution in [0.15, 0.2) is 255 Å². The van der Waals surface area contributed by atoms with E-state index in [1.807, 2.05) is 0 Å². The van der Waals surface area contributed by atoms with Crippen molar-refractivity contribution in [3.63, 3.8) is 0 Å². The highest BCUT2D eigenvalue weighted by atomic mass is 15.1. The van der Waals surface area contributed by atoms with E-state index >= 15 is 0 Å². The molecule has 0 amide bonds. The highest BCUT2D eigenvalue weighted by Gasteiger charge is 2.15. The summed E-state index contributed by atoms with van der Waals surface area (Å²) in [5.74, 6) is 0. The molecule has 0 spiro atoms. The van der Waals surface area contributed by atoms with Crippen LogP contribution in [-0.4, -0.2) is 4.57 Å². The first-order valence-corrected chi connectivity index (χ1v) is 21.2. The average Bonchev–Trinajstić information content (AvgIpc) is 3.69. The fraction of sp³-hybridized carbons (Fsp3) is 0. The lowest BCUT2D eigenvalue weighted by atomic mass is 9.97. The summed E-state index contributed by atoms with van der Waals surface area (Å²) >= 11 is 0. The van der Waals surface area contributed by atoms with Gasteiger partial charge in [-0.05, 0) is 122 Å². The summed E-state index contributed by atoms with van der Waals surface area (Å²) < 4.78 is 2.40. The number of para-hydroxylation sites is 2. The first kappa shape index (κ1) is 36.8. The number of anilines is 3. The Kier molecular flexibility index (Phi) is 9.57. The molecule has 11 aromatic rings. The maximum atomic E-state index is 2.40. The van der Waals surface area contributed by atoms with Crippen molar-refractivity contribution < 1.29 is 0 Å². The van der Waals surface area contributed by atoms with Gasteiger partial charge in [0.05, 0.1) is 11.0 Å². The zero-order valence-electron chi connectivity index (χ0n) is 34.1. The van der Waals surface area contributed by atoms with Crippen molar-refractivity contribution in [3.8, 4) is 61.3 Å². The molecule has 292 valence electrons. The second-order valence-electron chi connectivity index (χ2n) is 15.8. The van der Waals surface area contributed by atoms with E-state index in [1.54, 1.807) is 0 Å². The molecule has 11 rings (SSSR count). The van der Waals surface area contributed by atoms with Crippen LogP contribution in [-0.2, 0) is 0 Å². The Balaban J connectivity index is 0.839. The summed E-state index contributed by atoms with van der Waals surface area (Å²) in [6, 6.07) is 91.8. The van der Waals surface area contributed by atoms with Crippen molar-refractivity contribution >= 4 is 38.9 Å². The van der Waals surface area contributed by atoms with Crippen LogP contribution in [0.3, 0.4) is 0 Å². The second kappa shape index (κ2) is 16.1. The second-order valence-corrected chi connectivity index (χ2v) is 15.8. The third kappa shape index (κ3) is 7.04. The van der Waals surface area contributed by atoms with Crippen LogP contribution >= 0.6 is 0 Å². The van der Waals surface area contributed by atoms with E-state index in [-0.39, 0.29) is 0 Å². The molecular formula is C60H42N2. The maximum absolute atomic E-state index is 2.40. The van der Waals surface area contributed by atoms with E-state index in [2.05, 4.69) is 264 Å². The van der Waals surface area contributed by atoms with Crippen molar-refractivity contribution in [3.05, 3.63) is 255 Å². The molecule has 0 aliphatic heterocycles. The predicted octanol–water partition coefficient (Wildman–Crippen LogP) is 16.6. The van der Waals surface area contributed by atoms with Crippen LogP contribution in [0.1, 0.15) is 0 Å². The lowest BCUT2D eigenvalue weighted by molar-refractivity contribution is 1.18. The number of benzene rings is 10. The minimum atomic E-state index is 1.11. The van der Waals surface area contributed by atoms with Gasteiger partial charge in [0, 0.05) is 33.5 Å². The summed E-state index contributed by atoms with van der Waals surface area (Å²) in [5.41, 5.74) is 19.0. The monoisotopic (exact) mass is 790 g/mol. The molecule has 0 aliphatic carbocycles. The molecule has 0 radical (unpaired) electrons. The van der Waals surface area contributed by atoms with Gasteiger partial charge in [-0.25, -0.2) is 0 Å². The lowest BCUT2D eigenvalue weighted by Crippen LogP contribution is -2.09. The first-order valence-electron chi connectivity index (χ1n) is 21.2. The molecule has 0 saturated carbocycles. The van der Waals surface area contributed by atoms with E-state index < -0.39 is 0 Å².